The second kappa shape index (κ2) is 7.96. The molecule has 1 saturated heterocycles. The summed E-state index contributed by atoms with van der Waals surface area (Å²) in [5, 5.41) is 19.1. The van der Waals surface area contributed by atoms with Crippen molar-refractivity contribution in [2.75, 3.05) is 23.7 Å². The molecule has 0 radical (unpaired) electrons. The average Bonchev–Trinajstić information content (AvgIpc) is 3.15. The molecule has 0 saturated carbocycles. The van der Waals surface area contributed by atoms with Crippen LogP contribution in [0.5, 0.6) is 0 Å². The van der Waals surface area contributed by atoms with Crippen LogP contribution in [0.4, 0.5) is 21.2 Å². The number of urea groups is 1. The predicted octanol–water partition coefficient (Wildman–Crippen LogP) is 3.54. The van der Waals surface area contributed by atoms with Gasteiger partial charge in [-0.25, -0.2) is 4.79 Å². The number of amides is 3. The van der Waals surface area contributed by atoms with Gasteiger partial charge >= 0.3 is 6.03 Å². The van der Waals surface area contributed by atoms with Gasteiger partial charge in [0, 0.05) is 19.2 Å². The number of anilines is 2. The molecular weight excluding hydrogens is 356 g/mol. The number of likely N-dealkylation sites (tertiary alicyclic amines) is 1. The molecule has 3 amide bonds. The molecule has 2 aromatic rings. The summed E-state index contributed by atoms with van der Waals surface area (Å²) in [6, 6.07) is 9.44. The van der Waals surface area contributed by atoms with Crippen molar-refractivity contribution in [2.45, 2.75) is 12.8 Å². The highest BCUT2D eigenvalue weighted by molar-refractivity contribution is 7.14. The highest BCUT2D eigenvalue weighted by Crippen LogP contribution is 2.26. The zero-order chi connectivity index (χ0) is 18.5. The number of carbonyl (C=O) groups is 2. The molecule has 3 rings (SSSR count). The minimum atomic E-state index is -0.530. The number of benzene rings is 1. The van der Waals surface area contributed by atoms with Crippen molar-refractivity contribution in [3.05, 3.63) is 51.9 Å². The minimum absolute atomic E-state index is 0.149. The van der Waals surface area contributed by atoms with Crippen molar-refractivity contribution in [3.8, 4) is 0 Å². The van der Waals surface area contributed by atoms with Crippen molar-refractivity contribution in [1.82, 2.24) is 4.90 Å². The van der Waals surface area contributed by atoms with E-state index in [1.165, 1.54) is 23.5 Å². The topological polar surface area (TPSA) is 105 Å². The van der Waals surface area contributed by atoms with Gasteiger partial charge in [0.25, 0.3) is 5.69 Å². The number of nitrogens with zero attached hydrogens (tertiary/aromatic N) is 2. The van der Waals surface area contributed by atoms with Gasteiger partial charge in [-0.3, -0.25) is 20.2 Å². The van der Waals surface area contributed by atoms with Crippen LogP contribution < -0.4 is 10.6 Å². The van der Waals surface area contributed by atoms with Gasteiger partial charge in [0.2, 0.25) is 5.91 Å². The molecule has 0 spiro atoms. The fourth-order valence-corrected chi connectivity index (χ4v) is 3.49. The monoisotopic (exact) mass is 374 g/mol. The third kappa shape index (κ3) is 4.17. The maximum absolute atomic E-state index is 12.5. The molecule has 1 aliphatic heterocycles. The molecule has 0 aliphatic carbocycles. The van der Waals surface area contributed by atoms with E-state index in [0.717, 1.165) is 5.00 Å². The number of nitro benzene ring substituents is 1. The Kier molecular flexibility index (Phi) is 5.47. The number of piperidine rings is 1. The molecule has 1 atom stereocenters. The standard InChI is InChI=1S/C17H18N4O4S/c22-16(18-13-6-1-2-7-14(13)21(24)25)12-5-3-9-20(11-12)17(23)19-15-8-4-10-26-15/h1-2,4,6-8,10,12H,3,5,9,11H2,(H,18,22)(H,19,23). The van der Waals surface area contributed by atoms with Crippen molar-refractivity contribution in [2.24, 2.45) is 5.92 Å². The molecule has 1 aliphatic rings. The first-order valence-corrected chi connectivity index (χ1v) is 9.06. The number of para-hydroxylation sites is 2. The van der Waals surface area contributed by atoms with Crippen LogP contribution in [-0.4, -0.2) is 34.9 Å². The summed E-state index contributed by atoms with van der Waals surface area (Å²) < 4.78 is 0. The molecule has 2 N–H and O–H groups in total. The maximum atomic E-state index is 12.5. The number of nitrogens with one attached hydrogen (secondary N) is 2. The molecule has 0 bridgehead atoms. The summed E-state index contributed by atoms with van der Waals surface area (Å²) in [6.07, 6.45) is 1.34. The van der Waals surface area contributed by atoms with Crippen molar-refractivity contribution >= 4 is 39.7 Å². The number of carbonyl (C=O) groups excluding carboxylic acids is 2. The van der Waals surface area contributed by atoms with Gasteiger partial charge in [0.1, 0.15) is 5.69 Å². The summed E-state index contributed by atoms with van der Waals surface area (Å²) in [4.78, 5) is 37.0. The molecule has 136 valence electrons. The van der Waals surface area contributed by atoms with Crippen LogP contribution in [0.2, 0.25) is 0 Å². The van der Waals surface area contributed by atoms with E-state index in [2.05, 4.69) is 10.6 Å². The van der Waals surface area contributed by atoms with Gasteiger partial charge in [0.05, 0.1) is 15.8 Å². The van der Waals surface area contributed by atoms with Crippen LogP contribution in [0.1, 0.15) is 12.8 Å². The lowest BCUT2D eigenvalue weighted by atomic mass is 9.97. The Morgan fingerprint density at radius 1 is 1.19 bits per heavy atom. The molecule has 9 heteroatoms. The van der Waals surface area contributed by atoms with Gasteiger partial charge in [-0.15, -0.1) is 11.3 Å². The lowest BCUT2D eigenvalue weighted by molar-refractivity contribution is -0.383. The molecule has 1 unspecified atom stereocenters. The van der Waals surface area contributed by atoms with Crippen LogP contribution in [0.25, 0.3) is 0 Å². The van der Waals surface area contributed by atoms with E-state index in [1.807, 2.05) is 17.5 Å². The Balaban J connectivity index is 1.63. The molecule has 2 heterocycles. The zero-order valence-corrected chi connectivity index (χ0v) is 14.7. The second-order valence-electron chi connectivity index (χ2n) is 5.96. The number of nitro groups is 1. The molecule has 1 aromatic carbocycles. The zero-order valence-electron chi connectivity index (χ0n) is 13.9. The third-order valence-corrected chi connectivity index (χ3v) is 4.97. The number of thiophene rings is 1. The van der Waals surface area contributed by atoms with E-state index in [-0.39, 0.29) is 29.9 Å². The van der Waals surface area contributed by atoms with E-state index < -0.39 is 10.8 Å². The molecule has 1 aromatic heterocycles. The van der Waals surface area contributed by atoms with E-state index >= 15 is 0 Å². The Morgan fingerprint density at radius 3 is 2.73 bits per heavy atom. The van der Waals surface area contributed by atoms with Gasteiger partial charge in [-0.2, -0.15) is 0 Å². The number of hydrogen-bond acceptors (Lipinski definition) is 5. The largest absolute Gasteiger partial charge is 0.324 e. The van der Waals surface area contributed by atoms with E-state index in [1.54, 1.807) is 17.0 Å². The fourth-order valence-electron chi connectivity index (χ4n) is 2.88. The second-order valence-corrected chi connectivity index (χ2v) is 6.90. The molecule has 26 heavy (non-hydrogen) atoms. The van der Waals surface area contributed by atoms with Crippen LogP contribution >= 0.6 is 11.3 Å². The van der Waals surface area contributed by atoms with E-state index in [4.69, 9.17) is 0 Å². The maximum Gasteiger partial charge on any atom is 0.322 e. The summed E-state index contributed by atoms with van der Waals surface area (Å²) >= 11 is 1.43. The van der Waals surface area contributed by atoms with Gasteiger partial charge in [0.15, 0.2) is 0 Å². The summed E-state index contributed by atoms with van der Waals surface area (Å²) in [5.41, 5.74) is 0.0200. The van der Waals surface area contributed by atoms with Crippen LogP contribution in [0.3, 0.4) is 0 Å². The lowest BCUT2D eigenvalue weighted by Crippen LogP contribution is -2.45. The Bertz CT molecular complexity index is 809. The Morgan fingerprint density at radius 2 is 2.00 bits per heavy atom. The van der Waals surface area contributed by atoms with Crippen LogP contribution in [-0.2, 0) is 4.79 Å². The SMILES string of the molecule is O=C(Nc1ccccc1[N+](=O)[O-])C1CCCN(C(=O)Nc2cccs2)C1. The van der Waals surface area contributed by atoms with Gasteiger partial charge < -0.3 is 10.2 Å². The number of hydrogen-bond donors (Lipinski definition) is 2. The fraction of sp³-hybridized carbons (Fsp3) is 0.294. The smallest absolute Gasteiger partial charge is 0.322 e. The first-order chi connectivity index (χ1) is 12.5. The summed E-state index contributed by atoms with van der Waals surface area (Å²) in [5.74, 6) is -0.717. The minimum Gasteiger partial charge on any atom is -0.324 e. The summed E-state index contributed by atoms with van der Waals surface area (Å²) in [6.45, 7) is 0.857. The van der Waals surface area contributed by atoms with Gasteiger partial charge in [-0.05, 0) is 36.4 Å². The Hall–Kier alpha value is -2.94. The van der Waals surface area contributed by atoms with Gasteiger partial charge in [-0.1, -0.05) is 12.1 Å². The van der Waals surface area contributed by atoms with Crippen molar-refractivity contribution in [3.63, 3.8) is 0 Å². The molecule has 8 nitrogen and oxygen atoms in total. The lowest BCUT2D eigenvalue weighted by Gasteiger charge is -2.31. The summed E-state index contributed by atoms with van der Waals surface area (Å²) in [7, 11) is 0. The van der Waals surface area contributed by atoms with Crippen molar-refractivity contribution in [1.29, 1.82) is 0 Å². The highest BCUT2D eigenvalue weighted by atomic mass is 32.1. The van der Waals surface area contributed by atoms with E-state index in [9.17, 15) is 19.7 Å². The quantitative estimate of drug-likeness (QED) is 0.631. The molecule has 1 fully saturated rings. The third-order valence-electron chi connectivity index (χ3n) is 4.19. The average molecular weight is 374 g/mol. The Labute approximate surface area is 154 Å². The molecular formula is C17H18N4O4S. The number of rotatable bonds is 4. The normalized spacial score (nSPS) is 16.8. The first-order valence-electron chi connectivity index (χ1n) is 8.18. The van der Waals surface area contributed by atoms with Crippen LogP contribution in [0.15, 0.2) is 41.8 Å². The van der Waals surface area contributed by atoms with Crippen molar-refractivity contribution < 1.29 is 14.5 Å². The van der Waals surface area contributed by atoms with Crippen LogP contribution in [0, 0.1) is 16.0 Å². The highest BCUT2D eigenvalue weighted by Gasteiger charge is 2.29. The predicted molar refractivity (Wildman–Crippen MR) is 99.4 cm³/mol. The van der Waals surface area contributed by atoms with E-state index in [0.29, 0.717) is 19.4 Å². The first kappa shape index (κ1) is 17.9.